The molecule has 29 heavy (non-hydrogen) atoms. The summed E-state index contributed by atoms with van der Waals surface area (Å²) in [6.07, 6.45) is 0.964. The number of aryl methyl sites for hydroxylation is 3. The minimum atomic E-state index is -1.35. The molecule has 6 heteroatoms. The number of carbonyl (C=O) groups is 2. The summed E-state index contributed by atoms with van der Waals surface area (Å²) in [6.45, 7) is 4.01. The second kappa shape index (κ2) is 8.74. The van der Waals surface area contributed by atoms with Crippen LogP contribution in [-0.2, 0) is 11.2 Å². The van der Waals surface area contributed by atoms with Crippen LogP contribution in [0, 0.1) is 19.3 Å². The Hall–Kier alpha value is -2.73. The number of aliphatic carboxylic acids is 1. The molecule has 0 saturated carbocycles. The summed E-state index contributed by atoms with van der Waals surface area (Å²) < 4.78 is 0. The van der Waals surface area contributed by atoms with Crippen molar-refractivity contribution in [3.63, 3.8) is 0 Å². The first-order valence-electron chi connectivity index (χ1n) is 10.0. The van der Waals surface area contributed by atoms with E-state index in [9.17, 15) is 19.8 Å². The Morgan fingerprint density at radius 1 is 1.17 bits per heavy atom. The van der Waals surface area contributed by atoms with Gasteiger partial charge in [-0.15, -0.1) is 0 Å². The van der Waals surface area contributed by atoms with Gasteiger partial charge in [0.1, 0.15) is 5.41 Å². The van der Waals surface area contributed by atoms with E-state index in [2.05, 4.69) is 4.98 Å². The molecular formula is C23H28N2O4. The van der Waals surface area contributed by atoms with Crippen molar-refractivity contribution in [3.05, 3.63) is 65.0 Å². The number of carboxylic acid groups (broad SMARTS) is 1. The van der Waals surface area contributed by atoms with E-state index in [1.807, 2.05) is 44.2 Å². The molecule has 1 aliphatic rings. The number of aliphatic hydroxyl groups is 1. The van der Waals surface area contributed by atoms with Crippen molar-refractivity contribution in [1.82, 2.24) is 9.88 Å². The van der Waals surface area contributed by atoms with Crippen molar-refractivity contribution in [2.75, 3.05) is 13.1 Å². The highest BCUT2D eigenvalue weighted by Gasteiger charge is 2.49. The molecule has 1 saturated heterocycles. The zero-order valence-electron chi connectivity index (χ0n) is 17.0. The number of carboxylic acids is 1. The first-order chi connectivity index (χ1) is 13.8. The number of rotatable bonds is 6. The second-order valence-corrected chi connectivity index (χ2v) is 7.97. The number of pyridine rings is 1. The standard InChI is InChI=1S/C23H28N2O4/c1-16-13-19(14-17(2)24-16)21(27)25-12-10-20(26)23(15-25,22(28)29)11-6-9-18-7-4-3-5-8-18/h3-5,7-8,13-14,20,26H,6,9-12,15H2,1-2H3,(H,28,29)/t20-,23+/m0/s1. The number of hydrogen-bond acceptors (Lipinski definition) is 4. The van der Waals surface area contributed by atoms with E-state index in [1.54, 1.807) is 17.0 Å². The third-order valence-electron chi connectivity index (χ3n) is 5.76. The second-order valence-electron chi connectivity index (χ2n) is 7.97. The van der Waals surface area contributed by atoms with Gasteiger partial charge in [0.05, 0.1) is 6.10 Å². The van der Waals surface area contributed by atoms with Gasteiger partial charge in [0, 0.05) is 30.0 Å². The van der Waals surface area contributed by atoms with Crippen LogP contribution in [0.1, 0.15) is 46.6 Å². The molecule has 2 N–H and O–H groups in total. The quantitative estimate of drug-likeness (QED) is 0.783. The highest BCUT2D eigenvalue weighted by Crippen LogP contribution is 2.36. The Morgan fingerprint density at radius 2 is 1.83 bits per heavy atom. The Labute approximate surface area is 171 Å². The van der Waals surface area contributed by atoms with Crippen LogP contribution in [0.2, 0.25) is 0 Å². The van der Waals surface area contributed by atoms with Gasteiger partial charge in [-0.3, -0.25) is 14.6 Å². The van der Waals surface area contributed by atoms with Crippen LogP contribution in [0.3, 0.4) is 0 Å². The third kappa shape index (κ3) is 4.65. The molecule has 2 atom stereocenters. The molecule has 1 aromatic heterocycles. The van der Waals surface area contributed by atoms with Crippen molar-refractivity contribution in [2.24, 2.45) is 5.41 Å². The number of amides is 1. The van der Waals surface area contributed by atoms with E-state index in [-0.39, 0.29) is 18.9 Å². The normalized spacial score (nSPS) is 21.8. The Balaban J connectivity index is 1.77. The average molecular weight is 396 g/mol. The lowest BCUT2D eigenvalue weighted by molar-refractivity contribution is -0.162. The number of aromatic nitrogens is 1. The van der Waals surface area contributed by atoms with Gasteiger partial charge in [-0.2, -0.15) is 0 Å². The molecule has 1 amide bonds. The molecule has 0 aliphatic carbocycles. The number of nitrogens with zero attached hydrogens (tertiary/aromatic N) is 2. The number of piperidine rings is 1. The first-order valence-corrected chi connectivity index (χ1v) is 10.0. The van der Waals surface area contributed by atoms with Gasteiger partial charge in [-0.1, -0.05) is 30.3 Å². The van der Waals surface area contributed by atoms with E-state index < -0.39 is 17.5 Å². The van der Waals surface area contributed by atoms with Crippen LogP contribution in [0.25, 0.3) is 0 Å². The fourth-order valence-electron chi connectivity index (χ4n) is 4.21. The molecule has 1 aliphatic heterocycles. The van der Waals surface area contributed by atoms with E-state index in [1.165, 1.54) is 0 Å². The summed E-state index contributed by atoms with van der Waals surface area (Å²) in [5.74, 6) is -1.25. The minimum Gasteiger partial charge on any atom is -0.481 e. The Morgan fingerprint density at radius 3 is 2.45 bits per heavy atom. The van der Waals surface area contributed by atoms with Gasteiger partial charge in [0.2, 0.25) is 0 Å². The van der Waals surface area contributed by atoms with Crippen molar-refractivity contribution < 1.29 is 19.8 Å². The van der Waals surface area contributed by atoms with E-state index in [0.717, 1.165) is 23.4 Å². The highest BCUT2D eigenvalue weighted by molar-refractivity contribution is 5.95. The molecule has 0 bridgehead atoms. The summed E-state index contributed by atoms with van der Waals surface area (Å²) in [4.78, 5) is 31.1. The van der Waals surface area contributed by atoms with Crippen molar-refractivity contribution >= 4 is 11.9 Å². The van der Waals surface area contributed by atoms with Crippen molar-refractivity contribution in [3.8, 4) is 0 Å². The molecule has 0 radical (unpaired) electrons. The number of hydrogen-bond donors (Lipinski definition) is 2. The summed E-state index contributed by atoms with van der Waals surface area (Å²) in [5.41, 5.74) is 1.79. The Kier molecular flexibility index (Phi) is 6.33. The summed E-state index contributed by atoms with van der Waals surface area (Å²) in [5, 5.41) is 20.6. The van der Waals surface area contributed by atoms with E-state index >= 15 is 0 Å². The van der Waals surface area contributed by atoms with Crippen molar-refractivity contribution in [1.29, 1.82) is 0 Å². The lowest BCUT2D eigenvalue weighted by Crippen LogP contribution is -2.57. The van der Waals surface area contributed by atoms with Crippen LogP contribution >= 0.6 is 0 Å². The van der Waals surface area contributed by atoms with Gasteiger partial charge in [-0.05, 0) is 57.2 Å². The maximum atomic E-state index is 13.0. The predicted molar refractivity (Wildman–Crippen MR) is 110 cm³/mol. The van der Waals surface area contributed by atoms with Crippen LogP contribution in [-0.4, -0.2) is 51.2 Å². The van der Waals surface area contributed by atoms with Crippen molar-refractivity contribution in [2.45, 2.75) is 45.6 Å². The zero-order chi connectivity index (χ0) is 21.0. The lowest BCUT2D eigenvalue weighted by atomic mass is 9.73. The number of aliphatic hydroxyl groups excluding tert-OH is 1. The molecule has 1 aromatic carbocycles. The fraction of sp³-hybridized carbons (Fsp3) is 0.435. The number of likely N-dealkylation sites (tertiary alicyclic amines) is 1. The topological polar surface area (TPSA) is 90.7 Å². The average Bonchev–Trinajstić information content (AvgIpc) is 2.69. The lowest BCUT2D eigenvalue weighted by Gasteiger charge is -2.43. The first kappa shape index (κ1) is 21.0. The summed E-state index contributed by atoms with van der Waals surface area (Å²) >= 11 is 0. The van der Waals surface area contributed by atoms with Gasteiger partial charge >= 0.3 is 5.97 Å². The van der Waals surface area contributed by atoms with Crippen LogP contribution in [0.4, 0.5) is 0 Å². The molecule has 0 unspecified atom stereocenters. The minimum absolute atomic E-state index is 0.0114. The molecular weight excluding hydrogens is 368 g/mol. The molecule has 1 fully saturated rings. The molecule has 6 nitrogen and oxygen atoms in total. The van der Waals surface area contributed by atoms with Gasteiger partial charge in [0.15, 0.2) is 0 Å². The Bertz CT molecular complexity index is 863. The number of benzene rings is 1. The predicted octanol–water partition coefficient (Wildman–Crippen LogP) is 3.00. The van der Waals surface area contributed by atoms with Crippen LogP contribution < -0.4 is 0 Å². The maximum Gasteiger partial charge on any atom is 0.314 e. The maximum absolute atomic E-state index is 13.0. The fourth-order valence-corrected chi connectivity index (χ4v) is 4.21. The summed E-state index contributed by atoms with van der Waals surface area (Å²) in [6, 6.07) is 13.3. The third-order valence-corrected chi connectivity index (χ3v) is 5.76. The van der Waals surface area contributed by atoms with Gasteiger partial charge < -0.3 is 15.1 Å². The van der Waals surface area contributed by atoms with Gasteiger partial charge in [0.25, 0.3) is 5.91 Å². The molecule has 154 valence electrons. The summed E-state index contributed by atoms with van der Waals surface area (Å²) in [7, 11) is 0. The largest absolute Gasteiger partial charge is 0.481 e. The number of carbonyl (C=O) groups excluding carboxylic acids is 1. The molecule has 3 rings (SSSR count). The molecule has 2 heterocycles. The monoisotopic (exact) mass is 396 g/mol. The zero-order valence-corrected chi connectivity index (χ0v) is 17.0. The van der Waals surface area contributed by atoms with Gasteiger partial charge in [-0.25, -0.2) is 0 Å². The molecule has 0 spiro atoms. The smallest absolute Gasteiger partial charge is 0.314 e. The van der Waals surface area contributed by atoms with E-state index in [0.29, 0.717) is 24.9 Å². The highest BCUT2D eigenvalue weighted by atomic mass is 16.4. The van der Waals surface area contributed by atoms with Crippen LogP contribution in [0.5, 0.6) is 0 Å². The van der Waals surface area contributed by atoms with Crippen LogP contribution in [0.15, 0.2) is 42.5 Å². The SMILES string of the molecule is Cc1cc(C(=O)N2CC[C@H](O)[C@](CCCc3ccccc3)(C(=O)O)C2)cc(C)n1. The van der Waals surface area contributed by atoms with E-state index in [4.69, 9.17) is 0 Å². The molecule has 2 aromatic rings.